The molecule has 19 atom stereocenters. The van der Waals surface area contributed by atoms with Crippen LogP contribution in [0.1, 0.15) is 121 Å². The van der Waals surface area contributed by atoms with Crippen molar-refractivity contribution in [2.24, 2.45) is 50.7 Å². The van der Waals surface area contributed by atoms with Crippen LogP contribution < -0.4 is 0 Å². The molecule has 0 aromatic heterocycles. The third-order valence-electron chi connectivity index (χ3n) is 17.8. The Labute approximate surface area is 341 Å². The van der Waals surface area contributed by atoms with Crippen LogP contribution in [0.3, 0.4) is 0 Å². The number of carbonyl (C=O) groups is 4. The topological polar surface area (TPSA) is 164 Å². The number of hydrogen-bond donors (Lipinski definition) is 0. The monoisotopic (exact) mass is 816 g/mol. The highest BCUT2D eigenvalue weighted by Crippen LogP contribution is 2.89. The first-order valence-corrected chi connectivity index (χ1v) is 21.6. The van der Waals surface area contributed by atoms with Gasteiger partial charge < -0.3 is 47.4 Å². The van der Waals surface area contributed by atoms with Crippen molar-refractivity contribution in [3.05, 3.63) is 0 Å². The van der Waals surface area contributed by atoms with E-state index in [0.717, 1.165) is 44.9 Å². The van der Waals surface area contributed by atoms with Crippen LogP contribution in [0.2, 0.25) is 0 Å². The Balaban J connectivity index is 0.995. The summed E-state index contributed by atoms with van der Waals surface area (Å²) in [5.41, 5.74) is -1.29. The number of epoxide rings is 1. The van der Waals surface area contributed by atoms with Gasteiger partial charge in [-0.05, 0) is 97.2 Å². The molecular weight excluding hydrogens is 752 g/mol. The van der Waals surface area contributed by atoms with Gasteiger partial charge >= 0.3 is 23.9 Å². The standard InChI is InChI=1S/C44H64O14/c1-21-16-44(36-41(10,57-36)37(49-11)58-44)56-26-17-39(8)29-13-12-28-38(6,7)30(14-15-42(28)20-43(29,42)18-31(52-23(3)46)40(39,9)32(21)26)55-35-34(54-25(5)48)33(53-24(4)47)27(19-50-35)51-22(2)45/h21,26-37H,12-20H2,1-11H3/t21-,26+,27-,28+,29+,30+,31-,32+,33+,34-,35+,36-,37+,39+,40-,41+,42-,43+,44-/m1/s1. The Hall–Kier alpha value is -2.36. The molecule has 14 heteroatoms. The van der Waals surface area contributed by atoms with Crippen LogP contribution in [-0.4, -0.2) is 104 Å². The van der Waals surface area contributed by atoms with E-state index in [1.54, 1.807) is 14.0 Å². The highest BCUT2D eigenvalue weighted by atomic mass is 16.8. The summed E-state index contributed by atoms with van der Waals surface area (Å²) in [6, 6.07) is 0. The third-order valence-corrected chi connectivity index (χ3v) is 17.8. The minimum absolute atomic E-state index is 0.0105. The van der Waals surface area contributed by atoms with Crippen molar-refractivity contribution in [1.29, 1.82) is 0 Å². The lowest BCUT2D eigenvalue weighted by Gasteiger charge is -2.65. The maximum absolute atomic E-state index is 13.1. The molecule has 0 N–H and O–H groups in total. The van der Waals surface area contributed by atoms with Gasteiger partial charge in [-0.1, -0.05) is 34.6 Å². The van der Waals surface area contributed by atoms with Crippen molar-refractivity contribution in [3.8, 4) is 0 Å². The second-order valence-electron chi connectivity index (χ2n) is 20.9. The lowest BCUT2D eigenvalue weighted by atomic mass is 9.41. The third kappa shape index (κ3) is 5.42. The van der Waals surface area contributed by atoms with E-state index in [1.807, 2.05) is 6.92 Å². The molecule has 4 heterocycles. The highest BCUT2D eigenvalue weighted by molar-refractivity contribution is 5.68. The molecule has 3 spiro atoms. The fraction of sp³-hybridized carbons (Fsp3) is 0.909. The van der Waals surface area contributed by atoms with Crippen molar-refractivity contribution in [1.82, 2.24) is 0 Å². The summed E-state index contributed by atoms with van der Waals surface area (Å²) in [5, 5.41) is 0. The molecule has 0 bridgehead atoms. The van der Waals surface area contributed by atoms with Gasteiger partial charge in [0.05, 0.1) is 18.8 Å². The fourth-order valence-corrected chi connectivity index (χ4v) is 15.8. The van der Waals surface area contributed by atoms with Crippen LogP contribution in [0.4, 0.5) is 0 Å². The van der Waals surface area contributed by atoms with E-state index in [2.05, 4.69) is 34.6 Å². The Morgan fingerprint density at radius 1 is 0.690 bits per heavy atom. The van der Waals surface area contributed by atoms with Crippen molar-refractivity contribution < 1.29 is 66.5 Å². The Morgan fingerprint density at radius 2 is 1.34 bits per heavy atom. The number of ether oxygens (including phenoxy) is 10. The van der Waals surface area contributed by atoms with Crippen molar-refractivity contribution in [2.75, 3.05) is 13.7 Å². The molecule has 324 valence electrons. The number of hydrogen-bond acceptors (Lipinski definition) is 14. The zero-order valence-corrected chi connectivity index (χ0v) is 36.1. The largest absolute Gasteiger partial charge is 0.462 e. The van der Waals surface area contributed by atoms with Gasteiger partial charge in [0.2, 0.25) is 5.79 Å². The summed E-state index contributed by atoms with van der Waals surface area (Å²) in [6.07, 6.45) is 1.68. The molecule has 5 saturated carbocycles. The predicted molar refractivity (Wildman–Crippen MR) is 201 cm³/mol. The molecule has 4 aliphatic heterocycles. The van der Waals surface area contributed by atoms with Gasteiger partial charge in [-0.2, -0.15) is 0 Å². The van der Waals surface area contributed by atoms with Gasteiger partial charge in [0, 0.05) is 46.6 Å². The molecule has 5 aliphatic carbocycles. The fourth-order valence-electron chi connectivity index (χ4n) is 15.8. The second-order valence-corrected chi connectivity index (χ2v) is 20.9. The van der Waals surface area contributed by atoms with Gasteiger partial charge in [0.1, 0.15) is 17.8 Å². The first-order valence-electron chi connectivity index (χ1n) is 21.6. The molecule has 0 aromatic carbocycles. The molecule has 0 radical (unpaired) electrons. The van der Waals surface area contributed by atoms with E-state index in [0.29, 0.717) is 18.3 Å². The summed E-state index contributed by atoms with van der Waals surface area (Å²) < 4.78 is 62.2. The van der Waals surface area contributed by atoms with E-state index in [1.165, 1.54) is 20.8 Å². The normalized spacial score (nSPS) is 54.0. The van der Waals surface area contributed by atoms with Gasteiger partial charge in [-0.15, -0.1) is 0 Å². The van der Waals surface area contributed by atoms with Crippen molar-refractivity contribution in [3.63, 3.8) is 0 Å². The lowest BCUT2D eigenvalue weighted by Crippen LogP contribution is -2.64. The van der Waals surface area contributed by atoms with Crippen LogP contribution in [0.25, 0.3) is 0 Å². The highest BCUT2D eigenvalue weighted by Gasteiger charge is 2.87. The lowest BCUT2D eigenvalue weighted by molar-refractivity contribution is -0.349. The van der Waals surface area contributed by atoms with E-state index in [4.69, 9.17) is 47.4 Å². The molecule has 0 amide bonds. The van der Waals surface area contributed by atoms with E-state index >= 15 is 0 Å². The van der Waals surface area contributed by atoms with E-state index in [-0.39, 0.29) is 75.9 Å². The van der Waals surface area contributed by atoms with Gasteiger partial charge in [0.25, 0.3) is 0 Å². The number of carbonyl (C=O) groups excluding carboxylic acids is 4. The van der Waals surface area contributed by atoms with Crippen LogP contribution in [0, 0.1) is 50.7 Å². The van der Waals surface area contributed by atoms with Gasteiger partial charge in [0.15, 0.2) is 30.9 Å². The van der Waals surface area contributed by atoms with Gasteiger partial charge in [-0.25, -0.2) is 0 Å². The quantitative estimate of drug-likeness (QED) is 0.139. The average molecular weight is 817 g/mol. The number of methoxy groups -OCH3 is 1. The van der Waals surface area contributed by atoms with Crippen molar-refractivity contribution >= 4 is 23.9 Å². The molecular formula is C44H64O14. The predicted octanol–water partition coefficient (Wildman–Crippen LogP) is 5.40. The minimum atomic E-state index is -1.14. The van der Waals surface area contributed by atoms with Crippen LogP contribution in [0.15, 0.2) is 0 Å². The first kappa shape index (κ1) is 41.0. The summed E-state index contributed by atoms with van der Waals surface area (Å²) in [4.78, 5) is 49.7. The Kier molecular flexibility index (Phi) is 9.25. The van der Waals surface area contributed by atoms with Crippen LogP contribution >= 0.6 is 0 Å². The maximum Gasteiger partial charge on any atom is 0.303 e. The van der Waals surface area contributed by atoms with E-state index in [9.17, 15) is 19.2 Å². The zero-order chi connectivity index (χ0) is 41.7. The van der Waals surface area contributed by atoms with E-state index < -0.39 is 60.2 Å². The summed E-state index contributed by atoms with van der Waals surface area (Å²) in [5.74, 6) is -1.75. The Morgan fingerprint density at radius 3 is 1.98 bits per heavy atom. The molecule has 4 saturated heterocycles. The SMILES string of the molecule is CO[C@H]1O[C@]2(C[C@@H](C)[C@H]3[C@H](C[C@@]4(C)[C@@H]5CC[C@H]6C(C)(C)[C@@H](O[C@@H]7OC[C@@H](OC(C)=O)[C@H](OC(C)=O)[C@H]7OC(C)=O)CC[C@@]67C[C@@]57C[C@@H](OC(C)=O)[C@]34C)O2)[C@@H]2O[C@]12C. The smallest absolute Gasteiger partial charge is 0.303 e. The number of esters is 4. The summed E-state index contributed by atoms with van der Waals surface area (Å²) >= 11 is 0. The molecule has 0 aromatic rings. The molecule has 9 aliphatic rings. The zero-order valence-electron chi connectivity index (χ0n) is 36.1. The summed E-state index contributed by atoms with van der Waals surface area (Å²) in [6.45, 7) is 19.1. The average Bonchev–Trinajstić information content (AvgIpc) is 3.95. The molecule has 58 heavy (non-hydrogen) atoms. The molecule has 9 rings (SSSR count). The molecule has 9 fully saturated rings. The minimum Gasteiger partial charge on any atom is -0.462 e. The first-order chi connectivity index (χ1) is 27.1. The van der Waals surface area contributed by atoms with Crippen LogP contribution in [0.5, 0.6) is 0 Å². The second kappa shape index (κ2) is 13.1. The molecule has 14 nitrogen and oxygen atoms in total. The van der Waals surface area contributed by atoms with Crippen LogP contribution in [-0.2, 0) is 66.5 Å². The number of fused-ring (bicyclic) bond motifs is 6. The van der Waals surface area contributed by atoms with Gasteiger partial charge in [-0.3, -0.25) is 19.2 Å². The molecule has 0 unspecified atom stereocenters. The number of rotatable bonds is 7. The van der Waals surface area contributed by atoms with Crippen molar-refractivity contribution in [2.45, 2.75) is 187 Å². The Bertz CT molecular complexity index is 1750. The maximum atomic E-state index is 13.1. The summed E-state index contributed by atoms with van der Waals surface area (Å²) in [7, 11) is 1.66.